The van der Waals surface area contributed by atoms with Crippen molar-refractivity contribution in [2.75, 3.05) is 13.2 Å². The van der Waals surface area contributed by atoms with Crippen molar-refractivity contribution in [1.82, 2.24) is 5.32 Å². The fourth-order valence-electron chi connectivity index (χ4n) is 2.72. The molecule has 1 aromatic carbocycles. The molecule has 1 saturated heterocycles. The van der Waals surface area contributed by atoms with E-state index in [4.69, 9.17) is 4.74 Å². The van der Waals surface area contributed by atoms with Gasteiger partial charge in [-0.1, -0.05) is 37.3 Å². The molecule has 2 rings (SSSR count). The molecule has 1 aliphatic rings. The third-order valence-corrected chi connectivity index (χ3v) is 3.84. The largest absolute Gasteiger partial charge is 0.395 e. The van der Waals surface area contributed by atoms with E-state index in [2.05, 4.69) is 24.4 Å². The van der Waals surface area contributed by atoms with Gasteiger partial charge >= 0.3 is 0 Å². The second kappa shape index (κ2) is 7.63. The highest BCUT2D eigenvalue weighted by Gasteiger charge is 2.23. The summed E-state index contributed by atoms with van der Waals surface area (Å²) in [7, 11) is 0. The van der Waals surface area contributed by atoms with Crippen LogP contribution in [0.4, 0.5) is 0 Å². The summed E-state index contributed by atoms with van der Waals surface area (Å²) in [4.78, 5) is 0. The van der Waals surface area contributed by atoms with Gasteiger partial charge in [0.15, 0.2) is 0 Å². The Balaban J connectivity index is 1.85. The molecule has 2 N–H and O–H groups in total. The number of aliphatic hydroxyl groups is 1. The van der Waals surface area contributed by atoms with Crippen molar-refractivity contribution in [2.45, 2.75) is 50.8 Å². The first-order chi connectivity index (χ1) is 9.31. The SMILES string of the molecule is CCC1CC(N[C@H](CO)Cc2ccccc2)CCO1. The lowest BCUT2D eigenvalue weighted by Gasteiger charge is -2.32. The molecule has 19 heavy (non-hydrogen) atoms. The molecule has 2 unspecified atom stereocenters. The van der Waals surface area contributed by atoms with Gasteiger partial charge in [-0.2, -0.15) is 0 Å². The molecular formula is C16H25NO2. The van der Waals surface area contributed by atoms with Crippen LogP contribution in [0.3, 0.4) is 0 Å². The van der Waals surface area contributed by atoms with Crippen LogP contribution in [-0.2, 0) is 11.2 Å². The van der Waals surface area contributed by atoms with Crippen LogP contribution in [0.2, 0.25) is 0 Å². The van der Waals surface area contributed by atoms with E-state index < -0.39 is 0 Å². The average Bonchev–Trinajstić information content (AvgIpc) is 2.48. The molecule has 0 amide bonds. The topological polar surface area (TPSA) is 41.5 Å². The van der Waals surface area contributed by atoms with Crippen molar-refractivity contribution in [3.8, 4) is 0 Å². The maximum atomic E-state index is 9.55. The van der Waals surface area contributed by atoms with E-state index in [0.717, 1.165) is 32.3 Å². The zero-order valence-electron chi connectivity index (χ0n) is 11.7. The quantitative estimate of drug-likeness (QED) is 0.826. The Morgan fingerprint density at radius 1 is 1.37 bits per heavy atom. The van der Waals surface area contributed by atoms with Crippen LogP contribution in [0.5, 0.6) is 0 Å². The second-order valence-electron chi connectivity index (χ2n) is 5.36. The molecule has 1 fully saturated rings. The summed E-state index contributed by atoms with van der Waals surface area (Å²) in [5.74, 6) is 0. The predicted octanol–water partition coefficient (Wildman–Crippen LogP) is 2.14. The summed E-state index contributed by atoms with van der Waals surface area (Å²) < 4.78 is 5.69. The number of hydrogen-bond donors (Lipinski definition) is 2. The standard InChI is InChI=1S/C16H25NO2/c1-2-16-11-14(8-9-19-16)17-15(12-18)10-13-6-4-3-5-7-13/h3-7,14-18H,2,8-12H2,1H3/t14?,15-,16?/m0/s1. The van der Waals surface area contributed by atoms with Crippen molar-refractivity contribution in [3.05, 3.63) is 35.9 Å². The molecule has 1 aromatic rings. The fourth-order valence-corrected chi connectivity index (χ4v) is 2.72. The van der Waals surface area contributed by atoms with Crippen LogP contribution >= 0.6 is 0 Å². The minimum Gasteiger partial charge on any atom is -0.395 e. The van der Waals surface area contributed by atoms with Crippen molar-refractivity contribution < 1.29 is 9.84 Å². The van der Waals surface area contributed by atoms with Crippen LogP contribution < -0.4 is 5.32 Å². The lowest BCUT2D eigenvalue weighted by Crippen LogP contribution is -2.46. The molecule has 3 atom stereocenters. The van der Waals surface area contributed by atoms with E-state index in [0.29, 0.717) is 12.1 Å². The van der Waals surface area contributed by atoms with E-state index in [1.165, 1.54) is 5.56 Å². The van der Waals surface area contributed by atoms with E-state index in [-0.39, 0.29) is 12.6 Å². The molecule has 1 aliphatic heterocycles. The normalized spacial score (nSPS) is 25.2. The van der Waals surface area contributed by atoms with Gasteiger partial charge in [0.2, 0.25) is 0 Å². The van der Waals surface area contributed by atoms with Crippen LogP contribution in [0.25, 0.3) is 0 Å². The van der Waals surface area contributed by atoms with Gasteiger partial charge in [0.25, 0.3) is 0 Å². The molecule has 0 radical (unpaired) electrons. The van der Waals surface area contributed by atoms with E-state index in [9.17, 15) is 5.11 Å². The molecule has 3 nitrogen and oxygen atoms in total. The Hall–Kier alpha value is -0.900. The Kier molecular flexibility index (Phi) is 5.83. The summed E-state index contributed by atoms with van der Waals surface area (Å²) in [6.45, 7) is 3.18. The van der Waals surface area contributed by atoms with Crippen LogP contribution in [0.1, 0.15) is 31.7 Å². The molecule has 0 spiro atoms. The van der Waals surface area contributed by atoms with Crippen molar-refractivity contribution in [1.29, 1.82) is 0 Å². The average molecular weight is 263 g/mol. The zero-order valence-corrected chi connectivity index (χ0v) is 11.7. The Bertz CT molecular complexity index is 355. The number of nitrogens with one attached hydrogen (secondary N) is 1. The Morgan fingerprint density at radius 3 is 2.84 bits per heavy atom. The van der Waals surface area contributed by atoms with Gasteiger partial charge in [0.05, 0.1) is 12.7 Å². The van der Waals surface area contributed by atoms with E-state index >= 15 is 0 Å². The summed E-state index contributed by atoms with van der Waals surface area (Å²) in [6.07, 6.45) is 4.43. The molecule has 1 heterocycles. The van der Waals surface area contributed by atoms with Crippen LogP contribution in [-0.4, -0.2) is 36.5 Å². The lowest BCUT2D eigenvalue weighted by atomic mass is 9.99. The maximum Gasteiger partial charge on any atom is 0.0587 e. The minimum atomic E-state index is 0.142. The van der Waals surface area contributed by atoms with Gasteiger partial charge in [0, 0.05) is 18.7 Å². The Morgan fingerprint density at radius 2 is 2.16 bits per heavy atom. The van der Waals surface area contributed by atoms with Gasteiger partial charge in [-0.15, -0.1) is 0 Å². The first-order valence-electron chi connectivity index (χ1n) is 7.34. The second-order valence-corrected chi connectivity index (χ2v) is 5.36. The summed E-state index contributed by atoms with van der Waals surface area (Å²) in [5.41, 5.74) is 1.27. The number of benzene rings is 1. The number of hydrogen-bond acceptors (Lipinski definition) is 3. The highest BCUT2D eigenvalue weighted by Crippen LogP contribution is 2.17. The van der Waals surface area contributed by atoms with Gasteiger partial charge in [-0.25, -0.2) is 0 Å². The molecule has 0 aliphatic carbocycles. The zero-order chi connectivity index (χ0) is 13.5. The fraction of sp³-hybridized carbons (Fsp3) is 0.625. The first kappa shape index (κ1) is 14.5. The maximum absolute atomic E-state index is 9.55. The molecule has 0 bridgehead atoms. The van der Waals surface area contributed by atoms with E-state index in [1.807, 2.05) is 18.2 Å². The third kappa shape index (κ3) is 4.60. The monoisotopic (exact) mass is 263 g/mol. The molecule has 0 aromatic heterocycles. The van der Waals surface area contributed by atoms with Gasteiger partial charge in [0.1, 0.15) is 0 Å². The van der Waals surface area contributed by atoms with Gasteiger partial charge in [-0.3, -0.25) is 0 Å². The predicted molar refractivity (Wildman–Crippen MR) is 77.2 cm³/mol. The minimum absolute atomic E-state index is 0.142. The molecular weight excluding hydrogens is 238 g/mol. The first-order valence-corrected chi connectivity index (χ1v) is 7.34. The number of rotatable bonds is 6. The van der Waals surface area contributed by atoms with Crippen LogP contribution in [0, 0.1) is 0 Å². The lowest BCUT2D eigenvalue weighted by molar-refractivity contribution is -0.00324. The van der Waals surface area contributed by atoms with Gasteiger partial charge in [-0.05, 0) is 31.2 Å². The highest BCUT2D eigenvalue weighted by molar-refractivity contribution is 5.16. The number of aliphatic hydroxyl groups excluding tert-OH is 1. The molecule has 106 valence electrons. The summed E-state index contributed by atoms with van der Waals surface area (Å²) in [5, 5.41) is 13.1. The Labute approximate surface area is 116 Å². The van der Waals surface area contributed by atoms with Crippen molar-refractivity contribution in [3.63, 3.8) is 0 Å². The number of ether oxygens (including phenoxy) is 1. The summed E-state index contributed by atoms with van der Waals surface area (Å²) >= 11 is 0. The third-order valence-electron chi connectivity index (χ3n) is 3.84. The smallest absolute Gasteiger partial charge is 0.0587 e. The van der Waals surface area contributed by atoms with E-state index in [1.54, 1.807) is 0 Å². The van der Waals surface area contributed by atoms with Crippen LogP contribution in [0.15, 0.2) is 30.3 Å². The highest BCUT2D eigenvalue weighted by atomic mass is 16.5. The summed E-state index contributed by atoms with van der Waals surface area (Å²) in [6, 6.07) is 11.0. The van der Waals surface area contributed by atoms with Crippen molar-refractivity contribution >= 4 is 0 Å². The van der Waals surface area contributed by atoms with Gasteiger partial charge < -0.3 is 15.2 Å². The molecule has 3 heteroatoms. The van der Waals surface area contributed by atoms with Crippen molar-refractivity contribution in [2.24, 2.45) is 0 Å². The molecule has 0 saturated carbocycles.